The summed E-state index contributed by atoms with van der Waals surface area (Å²) >= 11 is 0. The smallest absolute Gasteiger partial charge is 0.310 e. The van der Waals surface area contributed by atoms with Gasteiger partial charge in [-0.15, -0.1) is 0 Å². The Morgan fingerprint density at radius 1 is 1.20 bits per heavy atom. The molecule has 2 unspecified atom stereocenters. The number of nitrogens with zero attached hydrogens (tertiary/aromatic N) is 3. The first kappa shape index (κ1) is 22.2. The van der Waals surface area contributed by atoms with Crippen LogP contribution in [0.25, 0.3) is 0 Å². The van der Waals surface area contributed by atoms with Crippen LogP contribution in [0.1, 0.15) is 33.1 Å². The van der Waals surface area contributed by atoms with Crippen LogP contribution in [0.5, 0.6) is 5.75 Å². The highest BCUT2D eigenvalue weighted by Crippen LogP contribution is 2.32. The van der Waals surface area contributed by atoms with Crippen LogP contribution in [0, 0.1) is 11.8 Å². The molecule has 1 aromatic rings. The number of para-hydroxylation sites is 2. The van der Waals surface area contributed by atoms with Crippen molar-refractivity contribution in [3.8, 4) is 5.75 Å². The molecule has 0 amide bonds. The Labute approximate surface area is 180 Å². The Morgan fingerprint density at radius 3 is 2.80 bits per heavy atom. The van der Waals surface area contributed by atoms with Crippen LogP contribution in [-0.2, 0) is 9.53 Å². The van der Waals surface area contributed by atoms with E-state index in [0.717, 1.165) is 69.4 Å². The lowest BCUT2D eigenvalue weighted by molar-refractivity contribution is -0.149. The van der Waals surface area contributed by atoms with Gasteiger partial charge in [-0.05, 0) is 51.2 Å². The van der Waals surface area contributed by atoms with Crippen molar-refractivity contribution in [1.82, 2.24) is 10.2 Å². The number of hydrogen-bond acceptors (Lipinski definition) is 5. The molecule has 1 aromatic carbocycles. The van der Waals surface area contributed by atoms with E-state index in [1.807, 2.05) is 19.1 Å². The third-order valence-electron chi connectivity index (χ3n) is 5.89. The van der Waals surface area contributed by atoms with Gasteiger partial charge in [0.25, 0.3) is 0 Å². The van der Waals surface area contributed by atoms with Crippen LogP contribution >= 0.6 is 0 Å². The van der Waals surface area contributed by atoms with Gasteiger partial charge < -0.3 is 24.6 Å². The summed E-state index contributed by atoms with van der Waals surface area (Å²) in [5.74, 6) is 2.21. The number of ether oxygens (including phenoxy) is 2. The van der Waals surface area contributed by atoms with Crippen molar-refractivity contribution < 1.29 is 14.3 Å². The van der Waals surface area contributed by atoms with Crippen LogP contribution in [0.3, 0.4) is 0 Å². The molecule has 3 rings (SSSR count). The predicted molar refractivity (Wildman–Crippen MR) is 120 cm³/mol. The van der Waals surface area contributed by atoms with Gasteiger partial charge in [0.2, 0.25) is 0 Å². The monoisotopic (exact) mass is 416 g/mol. The summed E-state index contributed by atoms with van der Waals surface area (Å²) in [6, 6.07) is 8.20. The third kappa shape index (κ3) is 5.58. The molecule has 2 fully saturated rings. The minimum Gasteiger partial charge on any atom is -0.495 e. The van der Waals surface area contributed by atoms with Gasteiger partial charge in [0.1, 0.15) is 5.75 Å². The largest absolute Gasteiger partial charge is 0.495 e. The number of aliphatic imine (C=N–C) groups is 1. The van der Waals surface area contributed by atoms with Gasteiger partial charge in [-0.3, -0.25) is 9.79 Å². The Balaban J connectivity index is 1.60. The van der Waals surface area contributed by atoms with E-state index < -0.39 is 0 Å². The number of carbonyl (C=O) groups excluding carboxylic acids is 1. The standard InChI is InChI=1S/C23H36N4O3/c1-4-24-23(27-13-8-9-19(17-27)22(28)30-5-2)25-15-18-12-14-26(16-18)20-10-6-7-11-21(20)29-3/h6-7,10-11,18-19H,4-5,8-9,12-17H2,1-3H3,(H,24,25). The molecule has 7 nitrogen and oxygen atoms in total. The van der Waals surface area contributed by atoms with Crippen LogP contribution in [0.2, 0.25) is 0 Å². The molecule has 2 heterocycles. The fourth-order valence-electron chi connectivity index (χ4n) is 4.35. The van der Waals surface area contributed by atoms with E-state index in [-0.39, 0.29) is 11.9 Å². The van der Waals surface area contributed by atoms with E-state index in [1.54, 1.807) is 7.11 Å². The van der Waals surface area contributed by atoms with Gasteiger partial charge in [-0.2, -0.15) is 0 Å². The van der Waals surface area contributed by atoms with Gasteiger partial charge in [0.05, 0.1) is 25.3 Å². The first-order valence-corrected chi connectivity index (χ1v) is 11.2. The van der Waals surface area contributed by atoms with Crippen LogP contribution < -0.4 is 15.0 Å². The Bertz CT molecular complexity index is 724. The molecule has 0 aliphatic carbocycles. The molecule has 0 saturated carbocycles. The van der Waals surface area contributed by atoms with Gasteiger partial charge >= 0.3 is 5.97 Å². The molecule has 1 N–H and O–H groups in total. The van der Waals surface area contributed by atoms with Gasteiger partial charge in [-0.25, -0.2) is 0 Å². The summed E-state index contributed by atoms with van der Waals surface area (Å²) in [7, 11) is 1.72. The zero-order valence-corrected chi connectivity index (χ0v) is 18.6. The number of hydrogen-bond donors (Lipinski definition) is 1. The molecular formula is C23H36N4O3. The molecule has 0 aromatic heterocycles. The second-order valence-corrected chi connectivity index (χ2v) is 8.00. The number of piperidine rings is 1. The highest BCUT2D eigenvalue weighted by molar-refractivity contribution is 5.81. The average Bonchev–Trinajstić information content (AvgIpc) is 3.25. The van der Waals surface area contributed by atoms with Crippen molar-refractivity contribution in [3.05, 3.63) is 24.3 Å². The number of likely N-dealkylation sites (tertiary alicyclic amines) is 1. The second-order valence-electron chi connectivity index (χ2n) is 8.00. The Kier molecular flexibility index (Phi) is 8.22. The quantitative estimate of drug-likeness (QED) is 0.419. The van der Waals surface area contributed by atoms with E-state index in [1.165, 1.54) is 0 Å². The summed E-state index contributed by atoms with van der Waals surface area (Å²) in [5, 5.41) is 3.42. The SMILES string of the molecule is CCNC(=NCC1CCN(c2ccccc2OC)C1)N1CCCC(C(=O)OCC)C1. The fraction of sp³-hybridized carbons (Fsp3) is 0.652. The van der Waals surface area contributed by atoms with E-state index in [9.17, 15) is 4.79 Å². The van der Waals surface area contributed by atoms with Gasteiger partial charge in [0, 0.05) is 39.3 Å². The summed E-state index contributed by atoms with van der Waals surface area (Å²) in [4.78, 5) is 21.8. The number of esters is 1. The normalized spacial score (nSPS) is 22.2. The zero-order valence-electron chi connectivity index (χ0n) is 18.6. The second kappa shape index (κ2) is 11.1. The summed E-state index contributed by atoms with van der Waals surface area (Å²) < 4.78 is 10.8. The molecule has 0 bridgehead atoms. The van der Waals surface area contributed by atoms with Crippen molar-refractivity contribution in [3.63, 3.8) is 0 Å². The van der Waals surface area contributed by atoms with E-state index in [2.05, 4.69) is 34.2 Å². The number of rotatable bonds is 7. The van der Waals surface area contributed by atoms with Crippen molar-refractivity contribution in [2.45, 2.75) is 33.1 Å². The number of guanidine groups is 1. The number of anilines is 1. The topological polar surface area (TPSA) is 66.4 Å². The minimum absolute atomic E-state index is 0.0601. The van der Waals surface area contributed by atoms with Crippen LogP contribution in [-0.4, -0.2) is 69.8 Å². The number of methoxy groups -OCH3 is 1. The number of nitrogens with one attached hydrogen (secondary N) is 1. The van der Waals surface area contributed by atoms with Gasteiger partial charge in [-0.1, -0.05) is 12.1 Å². The Morgan fingerprint density at radius 2 is 2.03 bits per heavy atom. The molecule has 2 aliphatic heterocycles. The number of benzene rings is 1. The summed E-state index contributed by atoms with van der Waals surface area (Å²) in [5.41, 5.74) is 1.16. The molecule has 7 heteroatoms. The molecular weight excluding hydrogens is 380 g/mol. The maximum atomic E-state index is 12.2. The average molecular weight is 417 g/mol. The highest BCUT2D eigenvalue weighted by atomic mass is 16.5. The molecule has 2 saturated heterocycles. The predicted octanol–water partition coefficient (Wildman–Crippen LogP) is 2.76. The van der Waals surface area contributed by atoms with Crippen molar-refractivity contribution in [2.24, 2.45) is 16.8 Å². The summed E-state index contributed by atoms with van der Waals surface area (Å²) in [6.45, 7) is 9.60. The highest BCUT2D eigenvalue weighted by Gasteiger charge is 2.29. The van der Waals surface area contributed by atoms with E-state index in [4.69, 9.17) is 14.5 Å². The zero-order chi connectivity index (χ0) is 21.3. The van der Waals surface area contributed by atoms with E-state index >= 15 is 0 Å². The lowest BCUT2D eigenvalue weighted by atomic mass is 9.98. The van der Waals surface area contributed by atoms with Crippen molar-refractivity contribution in [2.75, 3.05) is 57.9 Å². The first-order valence-electron chi connectivity index (χ1n) is 11.2. The fourth-order valence-corrected chi connectivity index (χ4v) is 4.35. The molecule has 30 heavy (non-hydrogen) atoms. The lowest BCUT2D eigenvalue weighted by Gasteiger charge is -2.34. The van der Waals surface area contributed by atoms with Gasteiger partial charge in [0.15, 0.2) is 5.96 Å². The molecule has 0 spiro atoms. The number of carbonyl (C=O) groups is 1. The first-order chi connectivity index (χ1) is 14.7. The van der Waals surface area contributed by atoms with Crippen molar-refractivity contribution >= 4 is 17.6 Å². The van der Waals surface area contributed by atoms with E-state index in [0.29, 0.717) is 19.1 Å². The molecule has 2 atom stereocenters. The Hall–Kier alpha value is -2.44. The molecule has 166 valence electrons. The maximum absolute atomic E-state index is 12.2. The lowest BCUT2D eigenvalue weighted by Crippen LogP contribution is -2.48. The third-order valence-corrected chi connectivity index (χ3v) is 5.89. The summed E-state index contributed by atoms with van der Waals surface area (Å²) in [6.07, 6.45) is 3.00. The molecule has 2 aliphatic rings. The maximum Gasteiger partial charge on any atom is 0.310 e. The minimum atomic E-state index is -0.0821. The van der Waals surface area contributed by atoms with Crippen LogP contribution in [0.15, 0.2) is 29.3 Å². The van der Waals surface area contributed by atoms with Crippen molar-refractivity contribution in [1.29, 1.82) is 0 Å². The van der Waals surface area contributed by atoms with Crippen LogP contribution in [0.4, 0.5) is 5.69 Å². The molecule has 0 radical (unpaired) electrons.